The molecule has 0 fully saturated rings. The third-order valence-corrected chi connectivity index (χ3v) is 3.67. The number of hydrogen-bond acceptors (Lipinski definition) is 3. The van der Waals surface area contributed by atoms with Crippen molar-refractivity contribution in [3.8, 4) is 0 Å². The van der Waals surface area contributed by atoms with Gasteiger partial charge in [0.15, 0.2) is 0 Å². The molecule has 3 heteroatoms. The van der Waals surface area contributed by atoms with E-state index in [1.54, 1.807) is 7.11 Å². The second-order valence-corrected chi connectivity index (χ2v) is 5.53. The zero-order chi connectivity index (χ0) is 13.9. The van der Waals surface area contributed by atoms with Crippen LogP contribution in [0.25, 0.3) is 10.8 Å². The Morgan fingerprint density at radius 1 is 1.26 bits per heavy atom. The van der Waals surface area contributed by atoms with Crippen molar-refractivity contribution in [2.75, 3.05) is 7.11 Å². The monoisotopic (exact) mass is 258 g/mol. The Morgan fingerprint density at radius 3 is 2.74 bits per heavy atom. The van der Waals surface area contributed by atoms with Crippen LogP contribution in [0.15, 0.2) is 36.5 Å². The molecular formula is C16H22N2O. The molecule has 1 atom stereocenters. The van der Waals surface area contributed by atoms with Gasteiger partial charge in [-0.15, -0.1) is 0 Å². The maximum atomic E-state index is 6.30. The molecule has 19 heavy (non-hydrogen) atoms. The Labute approximate surface area is 114 Å². The predicted molar refractivity (Wildman–Crippen MR) is 79.0 cm³/mol. The van der Waals surface area contributed by atoms with Crippen LogP contribution in [-0.4, -0.2) is 17.7 Å². The zero-order valence-electron chi connectivity index (χ0n) is 11.9. The molecule has 1 unspecified atom stereocenters. The summed E-state index contributed by atoms with van der Waals surface area (Å²) < 4.78 is 5.44. The summed E-state index contributed by atoms with van der Waals surface area (Å²) in [7, 11) is 1.74. The number of benzene rings is 1. The summed E-state index contributed by atoms with van der Waals surface area (Å²) in [5.41, 5.74) is 7.15. The van der Waals surface area contributed by atoms with Gasteiger partial charge in [-0.05, 0) is 38.1 Å². The third-order valence-electron chi connectivity index (χ3n) is 3.67. The number of ether oxygens (including phenoxy) is 1. The largest absolute Gasteiger partial charge is 0.379 e. The van der Waals surface area contributed by atoms with Crippen molar-refractivity contribution in [3.05, 3.63) is 42.2 Å². The number of methoxy groups -OCH3 is 1. The smallest absolute Gasteiger partial charge is 0.0649 e. The van der Waals surface area contributed by atoms with E-state index < -0.39 is 0 Å². The van der Waals surface area contributed by atoms with E-state index in [1.807, 2.05) is 24.4 Å². The summed E-state index contributed by atoms with van der Waals surface area (Å²) in [4.78, 5) is 4.47. The number of pyridine rings is 1. The normalized spacial score (nSPS) is 13.7. The Kier molecular flexibility index (Phi) is 4.17. The molecule has 0 aliphatic carbocycles. The van der Waals surface area contributed by atoms with E-state index in [0.717, 1.165) is 23.9 Å². The maximum Gasteiger partial charge on any atom is 0.0649 e. The summed E-state index contributed by atoms with van der Waals surface area (Å²) in [6.07, 6.45) is 3.61. The molecule has 2 rings (SSSR count). The van der Waals surface area contributed by atoms with Gasteiger partial charge in [-0.3, -0.25) is 4.98 Å². The fourth-order valence-electron chi connectivity index (χ4n) is 2.18. The average Bonchev–Trinajstić information content (AvgIpc) is 2.44. The van der Waals surface area contributed by atoms with Crippen molar-refractivity contribution >= 4 is 10.8 Å². The lowest BCUT2D eigenvalue weighted by Crippen LogP contribution is -2.25. The number of rotatable bonds is 5. The lowest BCUT2D eigenvalue weighted by molar-refractivity contribution is 0.0124. The molecule has 102 valence electrons. The van der Waals surface area contributed by atoms with E-state index in [9.17, 15) is 0 Å². The Bertz CT molecular complexity index is 546. The van der Waals surface area contributed by atoms with Crippen LogP contribution in [0.4, 0.5) is 0 Å². The Morgan fingerprint density at radius 2 is 2.00 bits per heavy atom. The van der Waals surface area contributed by atoms with Gasteiger partial charge in [0.25, 0.3) is 0 Å². The first kappa shape index (κ1) is 14.0. The minimum absolute atomic E-state index is 0.0551. The molecule has 2 N–H and O–H groups in total. The standard InChI is InChI=1S/C16H22N2O/c1-16(2,19-3)10-8-14(17)15-13-7-5-4-6-12(13)9-11-18-15/h4-7,9,11,14H,8,10,17H2,1-3H3. The van der Waals surface area contributed by atoms with Crippen LogP contribution in [0.3, 0.4) is 0 Å². The molecule has 0 saturated carbocycles. The minimum Gasteiger partial charge on any atom is -0.379 e. The van der Waals surface area contributed by atoms with Gasteiger partial charge in [-0.1, -0.05) is 24.3 Å². The molecule has 0 amide bonds. The van der Waals surface area contributed by atoms with Crippen LogP contribution in [0.5, 0.6) is 0 Å². The van der Waals surface area contributed by atoms with E-state index in [2.05, 4.69) is 31.0 Å². The van der Waals surface area contributed by atoms with Crippen LogP contribution in [0, 0.1) is 0 Å². The molecule has 3 nitrogen and oxygen atoms in total. The van der Waals surface area contributed by atoms with Gasteiger partial charge in [0, 0.05) is 24.7 Å². The zero-order valence-corrected chi connectivity index (χ0v) is 11.9. The van der Waals surface area contributed by atoms with E-state index >= 15 is 0 Å². The molecule has 0 radical (unpaired) electrons. The van der Waals surface area contributed by atoms with Crippen molar-refractivity contribution in [3.63, 3.8) is 0 Å². The van der Waals surface area contributed by atoms with Gasteiger partial charge in [-0.2, -0.15) is 0 Å². The lowest BCUT2D eigenvalue weighted by Gasteiger charge is -2.24. The van der Waals surface area contributed by atoms with Crippen molar-refractivity contribution in [1.29, 1.82) is 0 Å². The molecule has 2 aromatic rings. The van der Waals surface area contributed by atoms with Crippen LogP contribution in [-0.2, 0) is 4.74 Å². The van der Waals surface area contributed by atoms with Gasteiger partial charge in [0.1, 0.15) is 0 Å². The highest BCUT2D eigenvalue weighted by Crippen LogP contribution is 2.26. The van der Waals surface area contributed by atoms with E-state index in [0.29, 0.717) is 0 Å². The Balaban J connectivity index is 2.20. The molecule has 1 aromatic carbocycles. The van der Waals surface area contributed by atoms with Gasteiger partial charge < -0.3 is 10.5 Å². The number of hydrogen-bond donors (Lipinski definition) is 1. The SMILES string of the molecule is COC(C)(C)CCC(N)c1nccc2ccccc12. The first-order valence-electron chi connectivity index (χ1n) is 6.68. The predicted octanol–water partition coefficient (Wildman–Crippen LogP) is 3.44. The van der Waals surface area contributed by atoms with Crippen molar-refractivity contribution in [2.24, 2.45) is 5.73 Å². The van der Waals surface area contributed by atoms with Crippen LogP contribution in [0.1, 0.15) is 38.4 Å². The van der Waals surface area contributed by atoms with E-state index in [4.69, 9.17) is 10.5 Å². The van der Waals surface area contributed by atoms with Gasteiger partial charge in [0.2, 0.25) is 0 Å². The van der Waals surface area contributed by atoms with Gasteiger partial charge >= 0.3 is 0 Å². The first-order chi connectivity index (χ1) is 9.03. The fraction of sp³-hybridized carbons (Fsp3) is 0.438. The highest BCUT2D eigenvalue weighted by atomic mass is 16.5. The van der Waals surface area contributed by atoms with Crippen molar-refractivity contribution in [2.45, 2.75) is 38.3 Å². The van der Waals surface area contributed by atoms with Crippen molar-refractivity contribution < 1.29 is 4.74 Å². The molecule has 0 aliphatic rings. The number of fused-ring (bicyclic) bond motifs is 1. The fourth-order valence-corrected chi connectivity index (χ4v) is 2.18. The highest BCUT2D eigenvalue weighted by molar-refractivity contribution is 5.84. The second kappa shape index (κ2) is 5.68. The molecule has 0 aliphatic heterocycles. The quantitative estimate of drug-likeness (QED) is 0.893. The first-order valence-corrected chi connectivity index (χ1v) is 6.68. The molecule has 0 spiro atoms. The summed E-state index contributed by atoms with van der Waals surface area (Å²) in [5, 5.41) is 2.33. The highest BCUT2D eigenvalue weighted by Gasteiger charge is 2.19. The van der Waals surface area contributed by atoms with E-state index in [-0.39, 0.29) is 11.6 Å². The number of nitrogens with zero attached hydrogens (tertiary/aromatic N) is 1. The van der Waals surface area contributed by atoms with Crippen LogP contribution >= 0.6 is 0 Å². The summed E-state index contributed by atoms with van der Waals surface area (Å²) in [6, 6.07) is 10.2. The van der Waals surface area contributed by atoms with E-state index in [1.165, 1.54) is 5.39 Å². The van der Waals surface area contributed by atoms with Gasteiger partial charge in [0.05, 0.1) is 11.3 Å². The van der Waals surface area contributed by atoms with Gasteiger partial charge in [-0.25, -0.2) is 0 Å². The molecule has 0 saturated heterocycles. The Hall–Kier alpha value is -1.45. The molecule has 0 bridgehead atoms. The van der Waals surface area contributed by atoms with Crippen LogP contribution < -0.4 is 5.73 Å². The third kappa shape index (κ3) is 3.31. The summed E-state index contributed by atoms with van der Waals surface area (Å²) in [6.45, 7) is 4.16. The topological polar surface area (TPSA) is 48.1 Å². The molecular weight excluding hydrogens is 236 g/mol. The maximum absolute atomic E-state index is 6.30. The molecule has 1 aromatic heterocycles. The lowest BCUT2D eigenvalue weighted by atomic mass is 9.95. The summed E-state index contributed by atoms with van der Waals surface area (Å²) in [5.74, 6) is 0. The number of aromatic nitrogens is 1. The molecule has 1 heterocycles. The summed E-state index contributed by atoms with van der Waals surface area (Å²) >= 11 is 0. The second-order valence-electron chi connectivity index (χ2n) is 5.53. The van der Waals surface area contributed by atoms with Crippen molar-refractivity contribution in [1.82, 2.24) is 4.98 Å². The number of nitrogens with two attached hydrogens (primary N) is 1. The average molecular weight is 258 g/mol. The minimum atomic E-state index is -0.137. The van der Waals surface area contributed by atoms with Crippen LogP contribution in [0.2, 0.25) is 0 Å².